The standard InChI is InChI=1S/C31H37N5O4/c1-24-9-11-26(12-10-24)29-14-13-27(40-29)21-32-36-23-30(38)35(31(36)39)16-6-5-15-33-17-19-34(20-18-33)22-28(37)25-7-3-2-4-8-25/h2-4,7-14,21,28,37H,5-6,15-20,22-23H2,1H3/b32-21+/t28-/m1/s1. The lowest BCUT2D eigenvalue weighted by Crippen LogP contribution is -2.47. The number of hydrogen-bond donors (Lipinski definition) is 1. The van der Waals surface area contributed by atoms with Crippen molar-refractivity contribution in [2.24, 2.45) is 5.10 Å². The quantitative estimate of drug-likeness (QED) is 0.223. The average molecular weight is 544 g/mol. The van der Waals surface area contributed by atoms with Gasteiger partial charge >= 0.3 is 6.03 Å². The van der Waals surface area contributed by atoms with Crippen molar-refractivity contribution in [2.75, 3.05) is 52.4 Å². The average Bonchev–Trinajstić information content (AvgIpc) is 3.55. The Hall–Kier alpha value is -3.79. The van der Waals surface area contributed by atoms with Gasteiger partial charge in [0, 0.05) is 44.8 Å². The minimum absolute atomic E-state index is 0.0579. The molecule has 2 saturated heterocycles. The first kappa shape index (κ1) is 27.8. The Kier molecular flexibility index (Phi) is 9.05. The molecule has 40 heavy (non-hydrogen) atoms. The number of unbranched alkanes of at least 4 members (excludes halogenated alkanes) is 1. The monoisotopic (exact) mass is 543 g/mol. The Labute approximate surface area is 235 Å². The number of amides is 3. The summed E-state index contributed by atoms with van der Waals surface area (Å²) in [5.74, 6) is 1.01. The molecule has 0 bridgehead atoms. The van der Waals surface area contributed by atoms with Gasteiger partial charge < -0.3 is 14.4 Å². The molecular formula is C31H37N5O4. The molecule has 3 aromatic rings. The summed E-state index contributed by atoms with van der Waals surface area (Å²) in [4.78, 5) is 31.2. The third kappa shape index (κ3) is 7.04. The molecule has 9 heteroatoms. The Bertz CT molecular complexity index is 1300. The van der Waals surface area contributed by atoms with E-state index in [4.69, 9.17) is 4.42 Å². The molecule has 0 spiro atoms. The van der Waals surface area contributed by atoms with Crippen LogP contribution in [0.25, 0.3) is 11.3 Å². The topological polar surface area (TPSA) is 92.8 Å². The number of hydrogen-bond acceptors (Lipinski definition) is 7. The zero-order chi connectivity index (χ0) is 27.9. The summed E-state index contributed by atoms with van der Waals surface area (Å²) in [6.07, 6.45) is 2.66. The maximum atomic E-state index is 12.8. The second-order valence-corrected chi connectivity index (χ2v) is 10.5. The first-order valence-electron chi connectivity index (χ1n) is 14.0. The van der Waals surface area contributed by atoms with Crippen LogP contribution in [0.4, 0.5) is 4.79 Å². The van der Waals surface area contributed by atoms with Crippen LogP contribution in [0.15, 0.2) is 76.2 Å². The van der Waals surface area contributed by atoms with E-state index in [0.717, 1.165) is 62.5 Å². The Morgan fingerprint density at radius 3 is 2.35 bits per heavy atom. The number of carbonyl (C=O) groups excluding carboxylic acids is 2. The van der Waals surface area contributed by atoms with Crippen LogP contribution in [0.5, 0.6) is 0 Å². The number of rotatable bonds is 11. The normalized spacial score (nSPS) is 17.9. The number of aliphatic hydroxyl groups is 1. The van der Waals surface area contributed by atoms with Crippen molar-refractivity contribution in [1.82, 2.24) is 19.7 Å². The highest BCUT2D eigenvalue weighted by molar-refractivity contribution is 6.02. The van der Waals surface area contributed by atoms with E-state index in [0.29, 0.717) is 18.8 Å². The molecule has 3 heterocycles. The molecule has 2 aromatic carbocycles. The van der Waals surface area contributed by atoms with Gasteiger partial charge in [0.1, 0.15) is 18.1 Å². The fraction of sp³-hybridized carbons (Fsp3) is 0.387. The van der Waals surface area contributed by atoms with E-state index in [1.807, 2.05) is 67.6 Å². The largest absolute Gasteiger partial charge is 0.455 e. The lowest BCUT2D eigenvalue weighted by atomic mass is 10.1. The summed E-state index contributed by atoms with van der Waals surface area (Å²) < 4.78 is 5.84. The molecule has 1 N–H and O–H groups in total. The molecule has 9 nitrogen and oxygen atoms in total. The molecule has 5 rings (SSSR count). The molecule has 2 fully saturated rings. The molecule has 1 atom stereocenters. The predicted octanol–water partition coefficient (Wildman–Crippen LogP) is 3.98. The number of aliphatic hydroxyl groups excluding tert-OH is 1. The summed E-state index contributed by atoms with van der Waals surface area (Å²) in [5.41, 5.74) is 3.09. The molecule has 0 saturated carbocycles. The van der Waals surface area contributed by atoms with Gasteiger partial charge in [-0.3, -0.25) is 14.6 Å². The summed E-state index contributed by atoms with van der Waals surface area (Å²) in [5, 5.41) is 15.9. The number of furan rings is 1. The van der Waals surface area contributed by atoms with Crippen molar-refractivity contribution in [1.29, 1.82) is 0 Å². The van der Waals surface area contributed by atoms with Crippen molar-refractivity contribution < 1.29 is 19.1 Å². The molecule has 0 unspecified atom stereocenters. The van der Waals surface area contributed by atoms with E-state index in [9.17, 15) is 14.7 Å². The van der Waals surface area contributed by atoms with Gasteiger partial charge in [0.25, 0.3) is 5.91 Å². The highest BCUT2D eigenvalue weighted by atomic mass is 16.3. The summed E-state index contributed by atoms with van der Waals surface area (Å²) in [6, 6.07) is 21.1. The third-order valence-electron chi connectivity index (χ3n) is 7.51. The van der Waals surface area contributed by atoms with Crippen LogP contribution in [-0.4, -0.2) is 95.3 Å². The van der Waals surface area contributed by atoms with Gasteiger partial charge in [0.2, 0.25) is 0 Å². The molecule has 1 aromatic heterocycles. The van der Waals surface area contributed by atoms with Crippen LogP contribution in [-0.2, 0) is 4.79 Å². The van der Waals surface area contributed by atoms with Gasteiger partial charge in [0.15, 0.2) is 0 Å². The Morgan fingerprint density at radius 1 is 0.900 bits per heavy atom. The van der Waals surface area contributed by atoms with Crippen molar-refractivity contribution in [3.05, 3.63) is 83.6 Å². The number of imide groups is 1. The number of carbonyl (C=O) groups is 2. The van der Waals surface area contributed by atoms with Gasteiger partial charge in [-0.15, -0.1) is 0 Å². The highest BCUT2D eigenvalue weighted by Gasteiger charge is 2.35. The van der Waals surface area contributed by atoms with Crippen molar-refractivity contribution >= 4 is 18.2 Å². The van der Waals surface area contributed by atoms with Crippen molar-refractivity contribution in [3.8, 4) is 11.3 Å². The summed E-state index contributed by atoms with van der Waals surface area (Å²) in [6.45, 7) is 7.67. The van der Waals surface area contributed by atoms with E-state index in [1.54, 1.807) is 6.07 Å². The van der Waals surface area contributed by atoms with Crippen LogP contribution >= 0.6 is 0 Å². The molecule has 0 aliphatic carbocycles. The molecular weight excluding hydrogens is 506 g/mol. The maximum Gasteiger partial charge on any atom is 0.347 e. The van der Waals surface area contributed by atoms with Crippen LogP contribution in [0.2, 0.25) is 0 Å². The fourth-order valence-electron chi connectivity index (χ4n) is 5.09. The van der Waals surface area contributed by atoms with E-state index in [1.165, 1.54) is 21.7 Å². The molecule has 0 radical (unpaired) electrons. The molecule has 2 aliphatic heterocycles. The first-order chi connectivity index (χ1) is 19.5. The minimum atomic E-state index is -0.470. The summed E-state index contributed by atoms with van der Waals surface area (Å²) in [7, 11) is 0. The van der Waals surface area contributed by atoms with Gasteiger partial charge in [-0.1, -0.05) is 60.2 Å². The second kappa shape index (κ2) is 13.0. The minimum Gasteiger partial charge on any atom is -0.455 e. The van der Waals surface area contributed by atoms with E-state index >= 15 is 0 Å². The van der Waals surface area contributed by atoms with Crippen molar-refractivity contribution in [3.63, 3.8) is 0 Å². The number of benzene rings is 2. The molecule has 3 amide bonds. The third-order valence-corrected chi connectivity index (χ3v) is 7.51. The van der Waals surface area contributed by atoms with Gasteiger partial charge in [-0.25, -0.2) is 9.80 Å². The number of β-amino-alcohol motifs (C(OH)–C–C–N with tert-alkyl or cyclic N) is 1. The number of aryl methyl sites for hydroxylation is 1. The Balaban J connectivity index is 1.01. The maximum absolute atomic E-state index is 12.8. The van der Waals surface area contributed by atoms with Crippen LogP contribution in [0.1, 0.15) is 35.8 Å². The van der Waals surface area contributed by atoms with Gasteiger partial charge in [-0.2, -0.15) is 5.10 Å². The van der Waals surface area contributed by atoms with Gasteiger partial charge in [-0.05, 0) is 44.0 Å². The SMILES string of the molecule is Cc1ccc(-c2ccc(/C=N/N3CC(=O)N(CCCCN4CCN(C[C@@H](O)c5ccccc5)CC4)C3=O)o2)cc1. The van der Waals surface area contributed by atoms with E-state index in [-0.39, 0.29) is 12.5 Å². The van der Waals surface area contributed by atoms with Crippen molar-refractivity contribution in [2.45, 2.75) is 25.9 Å². The molecule has 210 valence electrons. The first-order valence-corrected chi connectivity index (χ1v) is 14.0. The Morgan fingerprint density at radius 2 is 1.60 bits per heavy atom. The smallest absolute Gasteiger partial charge is 0.347 e. The molecule has 2 aliphatic rings. The van der Waals surface area contributed by atoms with E-state index in [2.05, 4.69) is 14.9 Å². The summed E-state index contributed by atoms with van der Waals surface area (Å²) >= 11 is 0. The lowest BCUT2D eigenvalue weighted by Gasteiger charge is -2.35. The number of hydrazone groups is 1. The zero-order valence-electron chi connectivity index (χ0n) is 23.0. The van der Waals surface area contributed by atoms with Crippen LogP contribution in [0.3, 0.4) is 0 Å². The highest BCUT2D eigenvalue weighted by Crippen LogP contribution is 2.22. The zero-order valence-corrected chi connectivity index (χ0v) is 23.0. The number of piperazine rings is 1. The number of nitrogens with zero attached hydrogens (tertiary/aromatic N) is 5. The van der Waals surface area contributed by atoms with Crippen LogP contribution < -0.4 is 0 Å². The van der Waals surface area contributed by atoms with Crippen LogP contribution in [0, 0.1) is 6.92 Å². The number of urea groups is 1. The predicted molar refractivity (Wildman–Crippen MR) is 154 cm³/mol. The van der Waals surface area contributed by atoms with Gasteiger partial charge in [0.05, 0.1) is 12.3 Å². The second-order valence-electron chi connectivity index (χ2n) is 10.5. The van der Waals surface area contributed by atoms with E-state index < -0.39 is 12.1 Å². The lowest BCUT2D eigenvalue weighted by molar-refractivity contribution is -0.125. The fourth-order valence-corrected chi connectivity index (χ4v) is 5.09.